The number of nitriles is 1. The normalized spacial score (nSPS) is 28.2. The van der Waals surface area contributed by atoms with Crippen LogP contribution < -0.4 is 5.32 Å². The van der Waals surface area contributed by atoms with Crippen LogP contribution in [-0.2, 0) is 0 Å². The van der Waals surface area contributed by atoms with Gasteiger partial charge in [0.15, 0.2) is 0 Å². The van der Waals surface area contributed by atoms with Crippen molar-refractivity contribution < 1.29 is 0 Å². The Bertz CT molecular complexity index is 244. The Kier molecular flexibility index (Phi) is 5.24. The summed E-state index contributed by atoms with van der Waals surface area (Å²) >= 11 is 0. The van der Waals surface area contributed by atoms with Crippen molar-refractivity contribution in [3.8, 4) is 6.07 Å². The molecule has 3 atom stereocenters. The van der Waals surface area contributed by atoms with Crippen LogP contribution in [0.25, 0.3) is 0 Å². The van der Waals surface area contributed by atoms with E-state index in [9.17, 15) is 0 Å². The van der Waals surface area contributed by atoms with E-state index in [1.807, 2.05) is 0 Å². The molecule has 16 heavy (non-hydrogen) atoms. The van der Waals surface area contributed by atoms with Crippen LogP contribution in [0.2, 0.25) is 0 Å². The molecule has 3 nitrogen and oxygen atoms in total. The first-order valence-electron chi connectivity index (χ1n) is 6.42. The smallest absolute Gasteiger partial charge is 0.0967 e. The van der Waals surface area contributed by atoms with Gasteiger partial charge in [0.05, 0.1) is 12.1 Å². The van der Waals surface area contributed by atoms with E-state index < -0.39 is 0 Å². The summed E-state index contributed by atoms with van der Waals surface area (Å²) in [5.74, 6) is 0.814. The first-order valence-corrected chi connectivity index (χ1v) is 6.42. The summed E-state index contributed by atoms with van der Waals surface area (Å²) in [4.78, 5) is 2.51. The number of rotatable bonds is 5. The average molecular weight is 223 g/mol. The maximum absolute atomic E-state index is 9.04. The summed E-state index contributed by atoms with van der Waals surface area (Å²) in [7, 11) is 0. The van der Waals surface area contributed by atoms with E-state index in [0.29, 0.717) is 12.1 Å². The van der Waals surface area contributed by atoms with Gasteiger partial charge in [-0.05, 0) is 39.5 Å². The molecule has 0 aromatic rings. The SMILES string of the molecule is CC1CC(C)N(CCC(C#N)NC(C)C)C1. The minimum Gasteiger partial charge on any atom is -0.300 e. The summed E-state index contributed by atoms with van der Waals surface area (Å²) in [6.07, 6.45) is 2.24. The van der Waals surface area contributed by atoms with E-state index >= 15 is 0 Å². The molecule has 1 rings (SSSR count). The predicted octanol–water partition coefficient (Wildman–Crippen LogP) is 2.00. The van der Waals surface area contributed by atoms with E-state index in [1.165, 1.54) is 13.0 Å². The van der Waals surface area contributed by atoms with Crippen LogP contribution in [0.1, 0.15) is 40.5 Å². The highest BCUT2D eigenvalue weighted by Gasteiger charge is 2.26. The van der Waals surface area contributed by atoms with Crippen molar-refractivity contribution in [2.45, 2.75) is 58.7 Å². The van der Waals surface area contributed by atoms with E-state index in [0.717, 1.165) is 18.9 Å². The van der Waals surface area contributed by atoms with Gasteiger partial charge in [0.25, 0.3) is 0 Å². The zero-order valence-corrected chi connectivity index (χ0v) is 11.0. The van der Waals surface area contributed by atoms with Crippen LogP contribution in [0.4, 0.5) is 0 Å². The molecule has 0 saturated carbocycles. The Morgan fingerprint density at radius 1 is 1.44 bits per heavy atom. The molecule has 1 aliphatic heterocycles. The highest BCUT2D eigenvalue weighted by Crippen LogP contribution is 2.22. The lowest BCUT2D eigenvalue weighted by molar-refractivity contribution is 0.253. The standard InChI is InChI=1S/C13H25N3/c1-10(2)15-13(8-14)5-6-16-9-11(3)7-12(16)4/h10-13,15H,5-7,9H2,1-4H3. The average Bonchev–Trinajstić information content (AvgIpc) is 2.51. The number of nitrogens with zero attached hydrogens (tertiary/aromatic N) is 2. The first-order chi connectivity index (χ1) is 7.52. The molecule has 1 saturated heterocycles. The molecule has 0 amide bonds. The Morgan fingerprint density at radius 3 is 2.56 bits per heavy atom. The summed E-state index contributed by atoms with van der Waals surface area (Å²) in [6.45, 7) is 11.0. The molecule has 0 aliphatic carbocycles. The summed E-state index contributed by atoms with van der Waals surface area (Å²) in [5, 5.41) is 12.3. The molecule has 0 spiro atoms. The fraction of sp³-hybridized carbons (Fsp3) is 0.923. The maximum Gasteiger partial charge on any atom is 0.0967 e. The largest absolute Gasteiger partial charge is 0.300 e. The van der Waals surface area contributed by atoms with Crippen LogP contribution in [0.5, 0.6) is 0 Å². The van der Waals surface area contributed by atoms with Crippen molar-refractivity contribution in [3.05, 3.63) is 0 Å². The zero-order valence-electron chi connectivity index (χ0n) is 11.0. The van der Waals surface area contributed by atoms with Crippen LogP contribution in [0, 0.1) is 17.2 Å². The predicted molar refractivity (Wildman–Crippen MR) is 67.1 cm³/mol. The second-order valence-corrected chi connectivity index (χ2v) is 5.48. The van der Waals surface area contributed by atoms with Crippen molar-refractivity contribution in [1.82, 2.24) is 10.2 Å². The van der Waals surface area contributed by atoms with Crippen molar-refractivity contribution in [3.63, 3.8) is 0 Å². The zero-order chi connectivity index (χ0) is 12.1. The molecule has 0 aromatic heterocycles. The van der Waals surface area contributed by atoms with Gasteiger partial charge in [-0.2, -0.15) is 5.26 Å². The van der Waals surface area contributed by atoms with Gasteiger partial charge < -0.3 is 4.90 Å². The number of hydrogen-bond acceptors (Lipinski definition) is 3. The lowest BCUT2D eigenvalue weighted by Crippen LogP contribution is -2.38. The van der Waals surface area contributed by atoms with Crippen molar-refractivity contribution >= 4 is 0 Å². The van der Waals surface area contributed by atoms with Gasteiger partial charge in [-0.1, -0.05) is 6.92 Å². The summed E-state index contributed by atoms with van der Waals surface area (Å²) in [5.41, 5.74) is 0. The van der Waals surface area contributed by atoms with Gasteiger partial charge >= 0.3 is 0 Å². The van der Waals surface area contributed by atoms with E-state index in [1.54, 1.807) is 0 Å². The van der Waals surface area contributed by atoms with Crippen LogP contribution in [0.3, 0.4) is 0 Å². The summed E-state index contributed by atoms with van der Waals surface area (Å²) in [6, 6.07) is 3.43. The monoisotopic (exact) mass is 223 g/mol. The van der Waals surface area contributed by atoms with Gasteiger partial charge in [0.2, 0.25) is 0 Å². The van der Waals surface area contributed by atoms with Crippen LogP contribution >= 0.6 is 0 Å². The molecule has 3 unspecified atom stereocenters. The molecule has 1 N–H and O–H groups in total. The topological polar surface area (TPSA) is 39.1 Å². The van der Waals surface area contributed by atoms with E-state index in [-0.39, 0.29) is 6.04 Å². The number of nitrogens with one attached hydrogen (secondary N) is 1. The molecule has 1 heterocycles. The minimum atomic E-state index is 0.00288. The van der Waals surface area contributed by atoms with E-state index in [4.69, 9.17) is 5.26 Å². The third kappa shape index (κ3) is 4.11. The number of likely N-dealkylation sites (tertiary alicyclic amines) is 1. The van der Waals surface area contributed by atoms with Crippen LogP contribution in [0.15, 0.2) is 0 Å². The van der Waals surface area contributed by atoms with Crippen molar-refractivity contribution in [1.29, 1.82) is 5.26 Å². The fourth-order valence-corrected chi connectivity index (χ4v) is 2.58. The quantitative estimate of drug-likeness (QED) is 0.775. The molecule has 0 bridgehead atoms. The summed E-state index contributed by atoms with van der Waals surface area (Å²) < 4.78 is 0. The Morgan fingerprint density at radius 2 is 2.12 bits per heavy atom. The lowest BCUT2D eigenvalue weighted by Gasteiger charge is -2.23. The molecule has 1 fully saturated rings. The molecular formula is C13H25N3. The minimum absolute atomic E-state index is 0.00288. The fourth-order valence-electron chi connectivity index (χ4n) is 2.58. The van der Waals surface area contributed by atoms with E-state index in [2.05, 4.69) is 44.0 Å². The molecule has 92 valence electrons. The Labute approximate surface area is 99.8 Å². The molecule has 0 radical (unpaired) electrons. The lowest BCUT2D eigenvalue weighted by atomic mass is 10.1. The molecule has 0 aromatic carbocycles. The Balaban J connectivity index is 2.30. The van der Waals surface area contributed by atoms with Gasteiger partial charge in [0, 0.05) is 25.2 Å². The number of hydrogen-bond donors (Lipinski definition) is 1. The highest BCUT2D eigenvalue weighted by atomic mass is 15.2. The molecule has 1 aliphatic rings. The highest BCUT2D eigenvalue weighted by molar-refractivity contribution is 4.92. The second-order valence-electron chi connectivity index (χ2n) is 5.48. The van der Waals surface area contributed by atoms with Gasteiger partial charge in [-0.3, -0.25) is 5.32 Å². The molecule has 3 heteroatoms. The van der Waals surface area contributed by atoms with Gasteiger partial charge in [-0.25, -0.2) is 0 Å². The third-order valence-corrected chi connectivity index (χ3v) is 3.31. The van der Waals surface area contributed by atoms with Crippen molar-refractivity contribution in [2.75, 3.05) is 13.1 Å². The Hall–Kier alpha value is -0.590. The van der Waals surface area contributed by atoms with Crippen molar-refractivity contribution in [2.24, 2.45) is 5.92 Å². The third-order valence-electron chi connectivity index (χ3n) is 3.31. The first kappa shape index (κ1) is 13.5. The molecular weight excluding hydrogens is 198 g/mol. The second kappa shape index (κ2) is 6.22. The van der Waals surface area contributed by atoms with Gasteiger partial charge in [0.1, 0.15) is 0 Å². The van der Waals surface area contributed by atoms with Crippen LogP contribution in [-0.4, -0.2) is 36.1 Å². The van der Waals surface area contributed by atoms with Gasteiger partial charge in [-0.15, -0.1) is 0 Å². The maximum atomic E-state index is 9.04.